The Balaban J connectivity index is 2.17. The van der Waals surface area contributed by atoms with Crippen molar-refractivity contribution in [1.82, 2.24) is 5.01 Å². The van der Waals surface area contributed by atoms with Gasteiger partial charge in [0.15, 0.2) is 0 Å². The van der Waals surface area contributed by atoms with Crippen LogP contribution in [0.1, 0.15) is 15.9 Å². The molecule has 2 aromatic rings. The van der Waals surface area contributed by atoms with Crippen molar-refractivity contribution in [3.8, 4) is 0 Å². The fraction of sp³-hybridized carbons (Fsp3) is 0.167. The van der Waals surface area contributed by atoms with Crippen molar-refractivity contribution in [2.75, 3.05) is 20.4 Å². The van der Waals surface area contributed by atoms with Gasteiger partial charge in [0.2, 0.25) is 0 Å². The Labute approximate surface area is 155 Å². The molecule has 5 nitrogen and oxygen atoms in total. The van der Waals surface area contributed by atoms with Gasteiger partial charge in [0, 0.05) is 24.6 Å². The maximum atomic E-state index is 11.0. The van der Waals surface area contributed by atoms with Crippen LogP contribution in [0.5, 0.6) is 0 Å². The van der Waals surface area contributed by atoms with Crippen molar-refractivity contribution in [2.24, 2.45) is 10.1 Å². The number of thioether (sulfide) groups is 2. The number of aromatic carboxylic acids is 1. The number of carboxylic acids is 1. The van der Waals surface area contributed by atoms with Crippen molar-refractivity contribution >= 4 is 45.8 Å². The van der Waals surface area contributed by atoms with Crippen molar-refractivity contribution in [3.63, 3.8) is 0 Å². The van der Waals surface area contributed by atoms with Gasteiger partial charge in [0.05, 0.1) is 16.8 Å². The zero-order chi connectivity index (χ0) is 18.2. The minimum atomic E-state index is -0.964. The minimum absolute atomic E-state index is 0.217. The molecule has 0 aliphatic carbocycles. The maximum absolute atomic E-state index is 11.0. The summed E-state index contributed by atoms with van der Waals surface area (Å²) in [5.74, 6) is -0.964. The third-order valence-corrected chi connectivity index (χ3v) is 4.58. The number of aliphatic imine (C=N–C) groups is 1. The summed E-state index contributed by atoms with van der Waals surface area (Å²) in [5.41, 5.74) is 3.48. The third kappa shape index (κ3) is 5.95. The van der Waals surface area contributed by atoms with Crippen LogP contribution < -0.4 is 0 Å². The molecule has 0 amide bonds. The van der Waals surface area contributed by atoms with Gasteiger partial charge in [-0.25, -0.2) is 9.79 Å². The molecular formula is C18H19N3O2S2. The van der Waals surface area contributed by atoms with Crippen LogP contribution in [0.4, 0.5) is 5.69 Å². The summed E-state index contributed by atoms with van der Waals surface area (Å²) < 4.78 is 0. The molecule has 130 valence electrons. The van der Waals surface area contributed by atoms with Crippen LogP contribution in [-0.4, -0.2) is 47.0 Å². The molecule has 0 fully saturated rings. The maximum Gasteiger partial charge on any atom is 0.335 e. The molecule has 0 aromatic heterocycles. The van der Waals surface area contributed by atoms with Crippen molar-refractivity contribution in [3.05, 3.63) is 59.7 Å². The molecule has 1 N–H and O–H groups in total. The average molecular weight is 374 g/mol. The summed E-state index contributed by atoms with van der Waals surface area (Å²) in [6.07, 6.45) is 2.04. The zero-order valence-electron chi connectivity index (χ0n) is 14.2. The Hall–Kier alpha value is -2.25. The van der Waals surface area contributed by atoms with E-state index < -0.39 is 5.97 Å². The largest absolute Gasteiger partial charge is 0.478 e. The first kappa shape index (κ1) is 19.1. The average Bonchev–Trinajstić information content (AvgIpc) is 2.61. The quantitative estimate of drug-likeness (QED) is 0.351. The Morgan fingerprint density at radius 1 is 1.12 bits per heavy atom. The molecule has 0 atom stereocenters. The molecule has 0 aliphatic rings. The minimum Gasteiger partial charge on any atom is -0.478 e. The number of hydrogen-bond donors (Lipinski definition) is 1. The second-order valence-electron chi connectivity index (χ2n) is 5.19. The fourth-order valence-electron chi connectivity index (χ4n) is 1.92. The number of hydrazone groups is 1. The Morgan fingerprint density at radius 2 is 1.84 bits per heavy atom. The van der Waals surface area contributed by atoms with Gasteiger partial charge < -0.3 is 10.1 Å². The van der Waals surface area contributed by atoms with Crippen LogP contribution in [0.15, 0.2) is 63.5 Å². The molecular weight excluding hydrogens is 354 g/mol. The zero-order valence-corrected chi connectivity index (χ0v) is 15.8. The molecule has 0 heterocycles. The molecule has 0 unspecified atom stereocenters. The van der Waals surface area contributed by atoms with E-state index in [4.69, 9.17) is 5.11 Å². The fourth-order valence-corrected chi connectivity index (χ4v) is 3.09. The summed E-state index contributed by atoms with van der Waals surface area (Å²) in [4.78, 5) is 16.5. The second-order valence-corrected chi connectivity index (χ2v) is 6.90. The first-order valence-corrected chi connectivity index (χ1v) is 9.53. The SMILES string of the molecule is CSc1ccc(/C(=N/N(C)C)SC=Nc2cccc(C(=O)O)c2)cc1. The highest BCUT2D eigenvalue weighted by Crippen LogP contribution is 2.20. The van der Waals surface area contributed by atoms with E-state index in [-0.39, 0.29) is 5.56 Å². The monoisotopic (exact) mass is 373 g/mol. The highest BCUT2D eigenvalue weighted by Gasteiger charge is 2.06. The van der Waals surface area contributed by atoms with Gasteiger partial charge in [0.1, 0.15) is 5.04 Å². The van der Waals surface area contributed by atoms with Crippen LogP contribution in [0.3, 0.4) is 0 Å². The number of hydrogen-bond acceptors (Lipinski definition) is 6. The first-order valence-electron chi connectivity index (χ1n) is 7.42. The summed E-state index contributed by atoms with van der Waals surface area (Å²) in [6.45, 7) is 0. The van der Waals surface area contributed by atoms with Crippen LogP contribution in [-0.2, 0) is 0 Å². The van der Waals surface area contributed by atoms with E-state index in [1.165, 1.54) is 22.7 Å². The van der Waals surface area contributed by atoms with E-state index in [0.717, 1.165) is 10.6 Å². The molecule has 0 radical (unpaired) electrons. The van der Waals surface area contributed by atoms with Crippen LogP contribution in [0, 0.1) is 0 Å². The molecule has 0 saturated heterocycles. The van der Waals surface area contributed by atoms with Crippen LogP contribution in [0.25, 0.3) is 0 Å². The lowest BCUT2D eigenvalue weighted by Crippen LogP contribution is -2.07. The lowest BCUT2D eigenvalue weighted by Gasteiger charge is -2.09. The molecule has 2 rings (SSSR count). The summed E-state index contributed by atoms with van der Waals surface area (Å²) in [5, 5.41) is 16.1. The summed E-state index contributed by atoms with van der Waals surface area (Å²) >= 11 is 3.08. The van der Waals surface area contributed by atoms with Crippen LogP contribution in [0.2, 0.25) is 0 Å². The normalized spacial score (nSPS) is 11.7. The van der Waals surface area contributed by atoms with E-state index in [1.54, 1.807) is 40.5 Å². The van der Waals surface area contributed by atoms with Gasteiger partial charge in [0.25, 0.3) is 0 Å². The predicted molar refractivity (Wildman–Crippen MR) is 108 cm³/mol. The molecule has 25 heavy (non-hydrogen) atoms. The second kappa shape index (κ2) is 9.29. The number of carbonyl (C=O) groups is 1. The molecule has 0 aliphatic heterocycles. The molecule has 2 aromatic carbocycles. The topological polar surface area (TPSA) is 65.3 Å². The third-order valence-electron chi connectivity index (χ3n) is 3.09. The molecule has 0 bridgehead atoms. The smallest absolute Gasteiger partial charge is 0.335 e. The predicted octanol–water partition coefficient (Wildman–Crippen LogP) is 4.42. The van der Waals surface area contributed by atoms with Crippen LogP contribution >= 0.6 is 23.5 Å². The number of nitrogens with zero attached hydrogens (tertiary/aromatic N) is 3. The Kier molecular flexibility index (Phi) is 7.09. The number of rotatable bonds is 6. The van der Waals surface area contributed by atoms with Crippen molar-refractivity contribution < 1.29 is 9.90 Å². The Bertz CT molecular complexity index is 787. The van der Waals surface area contributed by atoms with Crippen molar-refractivity contribution in [2.45, 2.75) is 4.90 Å². The highest BCUT2D eigenvalue weighted by atomic mass is 32.2. The van der Waals surface area contributed by atoms with Gasteiger partial charge in [-0.2, -0.15) is 5.10 Å². The first-order chi connectivity index (χ1) is 12.0. The van der Waals surface area contributed by atoms with Gasteiger partial charge in [-0.15, -0.1) is 11.8 Å². The molecule has 0 saturated carbocycles. The highest BCUT2D eigenvalue weighted by molar-refractivity contribution is 8.25. The number of benzene rings is 2. The Morgan fingerprint density at radius 3 is 2.44 bits per heavy atom. The lowest BCUT2D eigenvalue weighted by molar-refractivity contribution is 0.0697. The lowest BCUT2D eigenvalue weighted by atomic mass is 10.2. The number of carboxylic acid groups (broad SMARTS) is 1. The van der Waals surface area contributed by atoms with E-state index in [9.17, 15) is 4.79 Å². The summed E-state index contributed by atoms with van der Waals surface area (Å²) in [7, 11) is 3.73. The van der Waals surface area contributed by atoms with E-state index in [2.05, 4.69) is 22.2 Å². The van der Waals surface area contributed by atoms with Gasteiger partial charge in [-0.3, -0.25) is 0 Å². The molecule has 0 spiro atoms. The van der Waals surface area contributed by atoms with Crippen molar-refractivity contribution in [1.29, 1.82) is 0 Å². The molecule has 7 heteroatoms. The van der Waals surface area contributed by atoms with Gasteiger partial charge >= 0.3 is 5.97 Å². The summed E-state index contributed by atoms with van der Waals surface area (Å²) in [6, 6.07) is 14.7. The van der Waals surface area contributed by atoms with E-state index in [0.29, 0.717) is 5.69 Å². The standard InChI is InChI=1S/C18H19N3O2S2/c1-21(2)20-17(13-7-9-16(24-3)10-8-13)25-12-19-15-6-4-5-14(11-15)18(22)23/h4-12H,1-3H3,(H,22,23)/b19-12?,20-17-. The van der Waals surface area contributed by atoms with Gasteiger partial charge in [-0.05, 0) is 36.6 Å². The van der Waals surface area contributed by atoms with Gasteiger partial charge in [-0.1, -0.05) is 30.0 Å². The van der Waals surface area contributed by atoms with E-state index >= 15 is 0 Å². The van der Waals surface area contributed by atoms with E-state index in [1.807, 2.05) is 32.5 Å².